The highest BCUT2D eigenvalue weighted by molar-refractivity contribution is 5.67. The molecule has 0 unspecified atom stereocenters. The molecule has 72 valence electrons. The first kappa shape index (κ1) is 8.00. The fourth-order valence-corrected chi connectivity index (χ4v) is 2.12. The first-order chi connectivity index (χ1) is 6.77. The van der Waals surface area contributed by atoms with E-state index in [1.54, 1.807) is 0 Å². The summed E-state index contributed by atoms with van der Waals surface area (Å²) in [4.78, 5) is 10.9. The fourth-order valence-electron chi connectivity index (χ4n) is 2.12. The number of hydrogen-bond donors (Lipinski definition) is 0. The van der Waals surface area contributed by atoms with Crippen molar-refractivity contribution in [2.75, 3.05) is 0 Å². The Morgan fingerprint density at radius 3 is 2.79 bits per heavy atom. The molecule has 3 heteroatoms. The van der Waals surface area contributed by atoms with Gasteiger partial charge in [0.1, 0.15) is 12.2 Å². The van der Waals surface area contributed by atoms with Gasteiger partial charge in [0.15, 0.2) is 6.10 Å². The van der Waals surface area contributed by atoms with Crippen molar-refractivity contribution in [1.82, 2.24) is 0 Å². The molecule has 0 bridgehead atoms. The summed E-state index contributed by atoms with van der Waals surface area (Å²) in [5, 5.41) is 0. The normalized spacial score (nSPS) is 31.9. The van der Waals surface area contributed by atoms with E-state index in [4.69, 9.17) is 9.47 Å². The monoisotopic (exact) mass is 190 g/mol. The highest BCUT2D eigenvalue weighted by Crippen LogP contribution is 2.55. The maximum atomic E-state index is 10.9. The van der Waals surface area contributed by atoms with Gasteiger partial charge in [-0.15, -0.1) is 0 Å². The van der Waals surface area contributed by atoms with E-state index in [2.05, 4.69) is 0 Å². The molecule has 1 fully saturated rings. The number of hydrogen-bond acceptors (Lipinski definition) is 3. The maximum absolute atomic E-state index is 10.9. The Bertz CT molecular complexity index is 399. The largest absolute Gasteiger partial charge is 0.455 e. The first-order valence-corrected chi connectivity index (χ1v) is 4.69. The summed E-state index contributed by atoms with van der Waals surface area (Å²) in [7, 11) is 0. The number of epoxide rings is 1. The third-order valence-corrected chi connectivity index (χ3v) is 2.73. The lowest BCUT2D eigenvalue weighted by atomic mass is 10.1. The molecule has 1 aliphatic carbocycles. The van der Waals surface area contributed by atoms with Gasteiger partial charge in [0, 0.05) is 12.5 Å². The predicted molar refractivity (Wildman–Crippen MR) is 48.6 cm³/mol. The van der Waals surface area contributed by atoms with Crippen LogP contribution >= 0.6 is 0 Å². The van der Waals surface area contributed by atoms with Crippen LogP contribution in [0.4, 0.5) is 0 Å². The quantitative estimate of drug-likeness (QED) is 0.500. The second kappa shape index (κ2) is 2.58. The number of esters is 1. The van der Waals surface area contributed by atoms with Gasteiger partial charge in [-0.2, -0.15) is 0 Å². The Labute approximate surface area is 81.6 Å². The molecular weight excluding hydrogens is 180 g/mol. The molecule has 2 aliphatic rings. The van der Waals surface area contributed by atoms with Crippen molar-refractivity contribution < 1.29 is 14.3 Å². The van der Waals surface area contributed by atoms with Crippen molar-refractivity contribution >= 4 is 5.97 Å². The number of benzene rings is 1. The number of carbonyl (C=O) groups excluding carboxylic acids is 1. The lowest BCUT2D eigenvalue weighted by Crippen LogP contribution is -2.11. The van der Waals surface area contributed by atoms with Gasteiger partial charge in [-0.05, 0) is 5.56 Å². The molecule has 3 nitrogen and oxygen atoms in total. The van der Waals surface area contributed by atoms with E-state index < -0.39 is 0 Å². The maximum Gasteiger partial charge on any atom is 0.303 e. The summed E-state index contributed by atoms with van der Waals surface area (Å²) >= 11 is 0. The number of ether oxygens (including phenoxy) is 2. The molecular formula is C11H10O3. The molecule has 0 amide bonds. The smallest absolute Gasteiger partial charge is 0.303 e. The molecule has 1 heterocycles. The Morgan fingerprint density at radius 1 is 1.36 bits per heavy atom. The van der Waals surface area contributed by atoms with E-state index in [9.17, 15) is 4.79 Å². The molecule has 0 spiro atoms. The van der Waals surface area contributed by atoms with Crippen LogP contribution in [0.2, 0.25) is 0 Å². The van der Waals surface area contributed by atoms with Crippen LogP contribution in [0, 0.1) is 0 Å². The summed E-state index contributed by atoms with van der Waals surface area (Å²) < 4.78 is 10.6. The third-order valence-electron chi connectivity index (χ3n) is 2.73. The van der Waals surface area contributed by atoms with Crippen molar-refractivity contribution in [2.45, 2.75) is 25.2 Å². The zero-order valence-electron chi connectivity index (χ0n) is 7.77. The second-order valence-electron chi connectivity index (χ2n) is 3.68. The average molecular weight is 190 g/mol. The van der Waals surface area contributed by atoms with Crippen LogP contribution in [0.15, 0.2) is 24.3 Å². The van der Waals surface area contributed by atoms with Crippen LogP contribution in [0.25, 0.3) is 0 Å². The second-order valence-corrected chi connectivity index (χ2v) is 3.68. The summed E-state index contributed by atoms with van der Waals surface area (Å²) in [6.07, 6.45) is 0.0422. The molecule has 1 aromatic carbocycles. The zero-order chi connectivity index (χ0) is 9.71. The van der Waals surface area contributed by atoms with Crippen LogP contribution in [-0.4, -0.2) is 12.1 Å². The zero-order valence-corrected chi connectivity index (χ0v) is 7.77. The highest BCUT2D eigenvalue weighted by Gasteiger charge is 2.55. The van der Waals surface area contributed by atoms with Gasteiger partial charge in [0.25, 0.3) is 0 Å². The first-order valence-electron chi connectivity index (χ1n) is 4.69. The Morgan fingerprint density at radius 2 is 2.07 bits per heavy atom. The Kier molecular flexibility index (Phi) is 1.47. The summed E-state index contributed by atoms with van der Waals surface area (Å²) in [5.74, 6) is -0.249. The lowest BCUT2D eigenvalue weighted by Gasteiger charge is -2.13. The Hall–Kier alpha value is -1.35. The van der Waals surface area contributed by atoms with Crippen molar-refractivity contribution in [3.8, 4) is 0 Å². The number of fused-ring (bicyclic) bond motifs is 3. The van der Waals surface area contributed by atoms with Gasteiger partial charge >= 0.3 is 5.97 Å². The van der Waals surface area contributed by atoms with Crippen LogP contribution in [0.5, 0.6) is 0 Å². The van der Waals surface area contributed by atoms with Crippen molar-refractivity contribution in [3.05, 3.63) is 35.4 Å². The van der Waals surface area contributed by atoms with E-state index in [1.165, 1.54) is 12.5 Å². The van der Waals surface area contributed by atoms with Gasteiger partial charge in [-0.25, -0.2) is 0 Å². The standard InChI is InChI=1S/C11H10O3/c1-6(12)13-9-7-4-2-3-5-8(7)10-11(9)14-10/h2-5,9-11H,1H3/t9-,10-,11+/m1/s1. The molecule has 0 saturated carbocycles. The van der Waals surface area contributed by atoms with Crippen LogP contribution in [0.3, 0.4) is 0 Å². The average Bonchev–Trinajstić information content (AvgIpc) is 2.89. The molecule has 1 aromatic rings. The van der Waals surface area contributed by atoms with Gasteiger partial charge in [0.05, 0.1) is 0 Å². The number of carbonyl (C=O) groups is 1. The predicted octanol–water partition coefficient (Wildman–Crippen LogP) is 1.74. The minimum atomic E-state index is -0.249. The summed E-state index contributed by atoms with van der Waals surface area (Å²) in [6.45, 7) is 1.43. The van der Waals surface area contributed by atoms with Gasteiger partial charge in [-0.1, -0.05) is 24.3 Å². The SMILES string of the molecule is CC(=O)O[C@@H]1c2ccccc2[C@H]2O[C@@H]12. The minimum absolute atomic E-state index is 0.0660. The van der Waals surface area contributed by atoms with E-state index in [-0.39, 0.29) is 24.3 Å². The van der Waals surface area contributed by atoms with E-state index in [0.29, 0.717) is 0 Å². The Balaban J connectivity index is 1.98. The summed E-state index contributed by atoms with van der Waals surface area (Å²) in [6, 6.07) is 7.97. The van der Waals surface area contributed by atoms with Gasteiger partial charge in [0.2, 0.25) is 0 Å². The highest BCUT2D eigenvalue weighted by atomic mass is 16.6. The van der Waals surface area contributed by atoms with E-state index >= 15 is 0 Å². The number of rotatable bonds is 1. The van der Waals surface area contributed by atoms with Crippen LogP contribution in [0.1, 0.15) is 30.3 Å². The molecule has 0 N–H and O–H groups in total. The third kappa shape index (κ3) is 0.990. The van der Waals surface area contributed by atoms with Gasteiger partial charge < -0.3 is 9.47 Å². The summed E-state index contributed by atoms with van der Waals surface area (Å²) in [5.41, 5.74) is 2.27. The van der Waals surface area contributed by atoms with Crippen molar-refractivity contribution in [1.29, 1.82) is 0 Å². The van der Waals surface area contributed by atoms with Gasteiger partial charge in [-0.3, -0.25) is 4.79 Å². The molecule has 1 aliphatic heterocycles. The van der Waals surface area contributed by atoms with Crippen LogP contribution < -0.4 is 0 Å². The molecule has 1 saturated heterocycles. The van der Waals surface area contributed by atoms with E-state index in [1.807, 2.05) is 24.3 Å². The lowest BCUT2D eigenvalue weighted by molar-refractivity contribution is -0.147. The molecule has 3 rings (SSSR count). The van der Waals surface area contributed by atoms with Crippen molar-refractivity contribution in [2.24, 2.45) is 0 Å². The van der Waals surface area contributed by atoms with Crippen molar-refractivity contribution in [3.63, 3.8) is 0 Å². The van der Waals surface area contributed by atoms with E-state index in [0.717, 1.165) is 5.56 Å². The molecule has 0 aromatic heterocycles. The topological polar surface area (TPSA) is 38.8 Å². The molecule has 14 heavy (non-hydrogen) atoms. The molecule has 3 atom stereocenters. The fraction of sp³-hybridized carbons (Fsp3) is 0.364. The van der Waals surface area contributed by atoms with Crippen LogP contribution in [-0.2, 0) is 14.3 Å². The molecule has 0 radical (unpaired) electrons. The minimum Gasteiger partial charge on any atom is -0.455 e.